The summed E-state index contributed by atoms with van der Waals surface area (Å²) in [6.07, 6.45) is 0. The van der Waals surface area contributed by atoms with Crippen LogP contribution in [0.1, 0.15) is 16.1 Å². The summed E-state index contributed by atoms with van der Waals surface area (Å²) in [4.78, 5) is 10.7. The molecule has 2 aromatic rings. The van der Waals surface area contributed by atoms with E-state index in [0.29, 0.717) is 10.9 Å². The van der Waals surface area contributed by atoms with Crippen LogP contribution in [0.4, 0.5) is 4.39 Å². The minimum Gasteiger partial charge on any atom is -0.478 e. The van der Waals surface area contributed by atoms with Crippen LogP contribution in [0, 0.1) is 12.7 Å². The molecule has 0 atom stereocenters. The van der Waals surface area contributed by atoms with Gasteiger partial charge in [0.2, 0.25) is 0 Å². The van der Waals surface area contributed by atoms with Crippen LogP contribution in [0.5, 0.6) is 0 Å². The van der Waals surface area contributed by atoms with Gasteiger partial charge in [-0.25, -0.2) is 9.18 Å². The number of hydrogen-bond donors (Lipinski definition) is 1. The van der Waals surface area contributed by atoms with E-state index in [9.17, 15) is 9.18 Å². The van der Waals surface area contributed by atoms with E-state index in [1.54, 1.807) is 18.7 Å². The number of halogens is 1. The Kier molecular flexibility index (Phi) is 1.96. The lowest BCUT2D eigenvalue weighted by Gasteiger charge is -1.97. The first kappa shape index (κ1) is 9.64. The molecule has 1 aromatic heterocycles. The van der Waals surface area contributed by atoms with E-state index in [0.717, 1.165) is 11.8 Å². The van der Waals surface area contributed by atoms with Gasteiger partial charge in [0.25, 0.3) is 0 Å². The lowest BCUT2D eigenvalue weighted by molar-refractivity contribution is 0.0692. The number of nitrogens with zero attached hydrogens (tertiary/aromatic N) is 2. The van der Waals surface area contributed by atoms with E-state index in [-0.39, 0.29) is 5.56 Å². The van der Waals surface area contributed by atoms with Crippen molar-refractivity contribution in [1.29, 1.82) is 0 Å². The van der Waals surface area contributed by atoms with E-state index in [1.165, 1.54) is 6.07 Å². The third-order valence-electron chi connectivity index (χ3n) is 2.45. The molecule has 0 saturated heterocycles. The Labute approximate surface area is 84.9 Å². The molecule has 2 rings (SSSR count). The number of rotatable bonds is 1. The average molecular weight is 208 g/mol. The summed E-state index contributed by atoms with van der Waals surface area (Å²) in [5.41, 5.74) is 0.962. The van der Waals surface area contributed by atoms with Gasteiger partial charge < -0.3 is 5.11 Å². The third kappa shape index (κ3) is 1.36. The Morgan fingerprint density at radius 3 is 2.80 bits per heavy atom. The van der Waals surface area contributed by atoms with E-state index in [2.05, 4.69) is 5.10 Å². The van der Waals surface area contributed by atoms with Crippen molar-refractivity contribution in [3.05, 3.63) is 29.2 Å². The number of carbonyl (C=O) groups is 1. The molecule has 0 spiro atoms. The minimum atomic E-state index is -1.27. The van der Waals surface area contributed by atoms with Gasteiger partial charge in [0.1, 0.15) is 5.82 Å². The molecule has 15 heavy (non-hydrogen) atoms. The zero-order valence-electron chi connectivity index (χ0n) is 8.28. The number of aryl methyl sites for hydroxylation is 2. The molecule has 0 aliphatic carbocycles. The Morgan fingerprint density at radius 2 is 2.20 bits per heavy atom. The second-order valence-corrected chi connectivity index (χ2v) is 3.36. The summed E-state index contributed by atoms with van der Waals surface area (Å²) in [6.45, 7) is 1.80. The largest absolute Gasteiger partial charge is 0.478 e. The number of aromatic carboxylic acids is 1. The standard InChI is InChI=1S/C10H9FN2O2/c1-5-6-3-7(10(14)15)8(11)4-9(6)12-13(5)2/h3-4H,1-2H3,(H,14,15). The van der Waals surface area contributed by atoms with Gasteiger partial charge in [0.05, 0.1) is 11.1 Å². The predicted molar refractivity (Wildman–Crippen MR) is 52.4 cm³/mol. The number of aromatic nitrogens is 2. The monoisotopic (exact) mass is 208 g/mol. The fraction of sp³-hybridized carbons (Fsp3) is 0.200. The predicted octanol–water partition coefficient (Wildman–Crippen LogP) is 1.72. The molecule has 78 valence electrons. The molecule has 0 fully saturated rings. The molecule has 0 aliphatic rings. The first-order valence-electron chi connectivity index (χ1n) is 4.37. The second kappa shape index (κ2) is 3.05. The first-order chi connectivity index (χ1) is 7.00. The fourth-order valence-electron chi connectivity index (χ4n) is 1.51. The lowest BCUT2D eigenvalue weighted by atomic mass is 10.1. The second-order valence-electron chi connectivity index (χ2n) is 3.36. The average Bonchev–Trinajstić information content (AvgIpc) is 2.41. The molecule has 4 nitrogen and oxygen atoms in total. The van der Waals surface area contributed by atoms with E-state index in [4.69, 9.17) is 5.11 Å². The number of carboxylic acid groups (broad SMARTS) is 1. The molecule has 1 aromatic carbocycles. The van der Waals surface area contributed by atoms with Crippen LogP contribution in [0.15, 0.2) is 12.1 Å². The van der Waals surface area contributed by atoms with E-state index >= 15 is 0 Å². The molecule has 5 heteroatoms. The number of hydrogen-bond acceptors (Lipinski definition) is 2. The molecule has 0 saturated carbocycles. The van der Waals surface area contributed by atoms with Gasteiger partial charge in [-0.1, -0.05) is 0 Å². The lowest BCUT2D eigenvalue weighted by Crippen LogP contribution is -1.99. The van der Waals surface area contributed by atoms with Crippen molar-refractivity contribution in [2.75, 3.05) is 0 Å². The Balaban J connectivity index is 2.83. The van der Waals surface area contributed by atoms with Gasteiger partial charge in [-0.3, -0.25) is 4.68 Å². The molecule has 1 N–H and O–H groups in total. The Morgan fingerprint density at radius 1 is 1.53 bits per heavy atom. The van der Waals surface area contributed by atoms with E-state index < -0.39 is 11.8 Å². The zero-order chi connectivity index (χ0) is 11.2. The zero-order valence-corrected chi connectivity index (χ0v) is 8.28. The van der Waals surface area contributed by atoms with Crippen LogP contribution in [0.3, 0.4) is 0 Å². The topological polar surface area (TPSA) is 55.1 Å². The minimum absolute atomic E-state index is 0.321. The summed E-state index contributed by atoms with van der Waals surface area (Å²) in [5.74, 6) is -2.02. The normalized spacial score (nSPS) is 10.9. The van der Waals surface area contributed by atoms with Crippen molar-refractivity contribution in [1.82, 2.24) is 9.78 Å². The quantitative estimate of drug-likeness (QED) is 0.776. The molecule has 0 unspecified atom stereocenters. The van der Waals surface area contributed by atoms with Crippen molar-refractivity contribution in [3.8, 4) is 0 Å². The van der Waals surface area contributed by atoms with Crippen LogP contribution >= 0.6 is 0 Å². The van der Waals surface area contributed by atoms with Crippen LogP contribution in [0.2, 0.25) is 0 Å². The number of benzene rings is 1. The highest BCUT2D eigenvalue weighted by molar-refractivity contribution is 5.94. The van der Waals surface area contributed by atoms with Gasteiger partial charge in [-0.2, -0.15) is 5.10 Å². The van der Waals surface area contributed by atoms with E-state index in [1.807, 2.05) is 0 Å². The smallest absolute Gasteiger partial charge is 0.338 e. The Hall–Kier alpha value is -1.91. The summed E-state index contributed by atoms with van der Waals surface area (Å²) in [5, 5.41) is 13.5. The maximum absolute atomic E-state index is 13.3. The highest BCUT2D eigenvalue weighted by Gasteiger charge is 2.14. The third-order valence-corrected chi connectivity index (χ3v) is 2.45. The summed E-state index contributed by atoms with van der Waals surface area (Å²) < 4.78 is 14.9. The van der Waals surface area contributed by atoms with Crippen LogP contribution in [-0.2, 0) is 7.05 Å². The van der Waals surface area contributed by atoms with Crippen molar-refractivity contribution in [3.63, 3.8) is 0 Å². The fourth-order valence-corrected chi connectivity index (χ4v) is 1.51. The molecular weight excluding hydrogens is 199 g/mol. The molecule has 0 bridgehead atoms. The summed E-state index contributed by atoms with van der Waals surface area (Å²) in [6, 6.07) is 2.46. The molecular formula is C10H9FN2O2. The summed E-state index contributed by atoms with van der Waals surface area (Å²) >= 11 is 0. The van der Waals surface area contributed by atoms with Crippen LogP contribution < -0.4 is 0 Å². The SMILES string of the molecule is Cc1c2cc(C(=O)O)c(F)cc2nn1C. The summed E-state index contributed by atoms with van der Waals surface area (Å²) in [7, 11) is 1.73. The van der Waals surface area contributed by atoms with Crippen molar-refractivity contribution < 1.29 is 14.3 Å². The van der Waals surface area contributed by atoms with Gasteiger partial charge in [0.15, 0.2) is 0 Å². The number of fused-ring (bicyclic) bond motifs is 1. The van der Waals surface area contributed by atoms with Crippen LogP contribution in [0.25, 0.3) is 10.9 Å². The van der Waals surface area contributed by atoms with Crippen molar-refractivity contribution >= 4 is 16.9 Å². The molecule has 0 amide bonds. The van der Waals surface area contributed by atoms with Crippen molar-refractivity contribution in [2.45, 2.75) is 6.92 Å². The van der Waals surface area contributed by atoms with Crippen LogP contribution in [-0.4, -0.2) is 20.9 Å². The highest BCUT2D eigenvalue weighted by Crippen LogP contribution is 2.21. The maximum Gasteiger partial charge on any atom is 0.338 e. The maximum atomic E-state index is 13.3. The molecule has 0 aliphatic heterocycles. The van der Waals surface area contributed by atoms with Gasteiger partial charge >= 0.3 is 5.97 Å². The van der Waals surface area contributed by atoms with Gasteiger partial charge in [0, 0.05) is 24.2 Å². The highest BCUT2D eigenvalue weighted by atomic mass is 19.1. The van der Waals surface area contributed by atoms with Gasteiger partial charge in [-0.15, -0.1) is 0 Å². The molecule has 1 heterocycles. The first-order valence-corrected chi connectivity index (χ1v) is 4.37. The van der Waals surface area contributed by atoms with Crippen molar-refractivity contribution in [2.24, 2.45) is 7.05 Å². The Bertz CT molecular complexity index is 560. The number of carboxylic acids is 1. The van der Waals surface area contributed by atoms with Gasteiger partial charge in [-0.05, 0) is 13.0 Å². The molecule has 0 radical (unpaired) electrons.